The molecule has 1 fully saturated rings. The Morgan fingerprint density at radius 1 is 1.33 bits per heavy atom. The van der Waals surface area contributed by atoms with Gasteiger partial charge in [-0.2, -0.15) is 0 Å². The summed E-state index contributed by atoms with van der Waals surface area (Å²) in [5, 5.41) is 2.73. The summed E-state index contributed by atoms with van der Waals surface area (Å²) < 4.78 is 23.8. The number of hydrogen-bond acceptors (Lipinski definition) is 4. The molecule has 1 N–H and O–H groups in total. The standard InChI is InChI=1S/C17H17FN2O4/c1-20-14(21)10-24-16(15(20)11-4-6-12(18)7-5-11)17(22)19-9-13-3-2-8-23-13/h2-8,15-16H,9-10H2,1H3,(H,19,22). The number of carbonyl (C=O) groups excluding carboxylic acids is 2. The molecule has 1 saturated heterocycles. The highest BCUT2D eigenvalue weighted by atomic mass is 19.1. The van der Waals surface area contributed by atoms with Crippen LogP contribution in [-0.4, -0.2) is 36.5 Å². The number of halogens is 1. The van der Waals surface area contributed by atoms with Crippen molar-refractivity contribution in [3.8, 4) is 0 Å². The molecule has 2 unspecified atom stereocenters. The Morgan fingerprint density at radius 2 is 2.08 bits per heavy atom. The van der Waals surface area contributed by atoms with Gasteiger partial charge in [-0.25, -0.2) is 4.39 Å². The topological polar surface area (TPSA) is 71.8 Å². The van der Waals surface area contributed by atoms with E-state index in [9.17, 15) is 14.0 Å². The summed E-state index contributed by atoms with van der Waals surface area (Å²) in [6, 6.07) is 8.53. The van der Waals surface area contributed by atoms with Gasteiger partial charge in [0.05, 0.1) is 18.8 Å². The van der Waals surface area contributed by atoms with Crippen molar-refractivity contribution < 1.29 is 23.1 Å². The molecule has 0 saturated carbocycles. The van der Waals surface area contributed by atoms with E-state index in [1.807, 2.05) is 0 Å². The Morgan fingerprint density at radius 3 is 2.75 bits per heavy atom. The number of hydrogen-bond donors (Lipinski definition) is 1. The van der Waals surface area contributed by atoms with E-state index < -0.39 is 12.1 Å². The van der Waals surface area contributed by atoms with Crippen LogP contribution in [0.15, 0.2) is 47.1 Å². The Labute approximate surface area is 138 Å². The fraction of sp³-hybridized carbons (Fsp3) is 0.294. The van der Waals surface area contributed by atoms with E-state index in [1.165, 1.54) is 23.3 Å². The number of nitrogens with one attached hydrogen (secondary N) is 1. The van der Waals surface area contributed by atoms with Gasteiger partial charge in [-0.15, -0.1) is 0 Å². The van der Waals surface area contributed by atoms with E-state index in [4.69, 9.17) is 9.15 Å². The maximum absolute atomic E-state index is 13.2. The number of ether oxygens (including phenoxy) is 1. The Bertz CT molecular complexity index is 715. The van der Waals surface area contributed by atoms with Gasteiger partial charge in [0.15, 0.2) is 6.10 Å². The van der Waals surface area contributed by atoms with Crippen molar-refractivity contribution >= 4 is 11.8 Å². The predicted molar refractivity (Wildman–Crippen MR) is 82.2 cm³/mol. The molecule has 6 nitrogen and oxygen atoms in total. The SMILES string of the molecule is CN1C(=O)COC(C(=O)NCc2ccco2)C1c1ccc(F)cc1. The molecule has 24 heavy (non-hydrogen) atoms. The second-order valence-electron chi connectivity index (χ2n) is 5.53. The molecule has 2 amide bonds. The van der Waals surface area contributed by atoms with Gasteiger partial charge in [0.1, 0.15) is 18.2 Å². The lowest BCUT2D eigenvalue weighted by atomic mass is 9.97. The average Bonchev–Trinajstić information content (AvgIpc) is 3.09. The van der Waals surface area contributed by atoms with Crippen molar-refractivity contribution in [2.45, 2.75) is 18.7 Å². The van der Waals surface area contributed by atoms with Crippen LogP contribution in [0.2, 0.25) is 0 Å². The number of likely N-dealkylation sites (N-methyl/N-ethyl adjacent to an activating group) is 1. The van der Waals surface area contributed by atoms with Crippen molar-refractivity contribution in [2.75, 3.05) is 13.7 Å². The van der Waals surface area contributed by atoms with Crippen LogP contribution in [-0.2, 0) is 20.9 Å². The minimum Gasteiger partial charge on any atom is -0.467 e. The minimum atomic E-state index is -0.881. The molecule has 3 rings (SSSR count). The molecule has 2 heterocycles. The number of rotatable bonds is 4. The molecule has 2 atom stereocenters. The Hall–Kier alpha value is -2.67. The quantitative estimate of drug-likeness (QED) is 0.924. The first-order valence-corrected chi connectivity index (χ1v) is 7.49. The third-order valence-electron chi connectivity index (χ3n) is 3.97. The van der Waals surface area contributed by atoms with Gasteiger partial charge >= 0.3 is 0 Å². The lowest BCUT2D eigenvalue weighted by molar-refractivity contribution is -0.162. The summed E-state index contributed by atoms with van der Waals surface area (Å²) >= 11 is 0. The molecule has 0 radical (unpaired) electrons. The van der Waals surface area contributed by atoms with E-state index in [0.717, 1.165) is 0 Å². The van der Waals surface area contributed by atoms with Gasteiger partial charge in [0, 0.05) is 7.05 Å². The highest BCUT2D eigenvalue weighted by molar-refractivity contribution is 5.86. The van der Waals surface area contributed by atoms with E-state index in [0.29, 0.717) is 11.3 Å². The normalized spacial score (nSPS) is 20.9. The maximum Gasteiger partial charge on any atom is 0.252 e. The van der Waals surface area contributed by atoms with Crippen LogP contribution in [0.25, 0.3) is 0 Å². The Kier molecular flexibility index (Phi) is 4.61. The van der Waals surface area contributed by atoms with Crippen molar-refractivity contribution in [1.82, 2.24) is 10.2 Å². The summed E-state index contributed by atoms with van der Waals surface area (Å²) in [5.74, 6) is -0.371. The number of carbonyl (C=O) groups is 2. The molecular formula is C17H17FN2O4. The van der Waals surface area contributed by atoms with Crippen LogP contribution < -0.4 is 5.32 Å². The summed E-state index contributed by atoms with van der Waals surface area (Å²) in [5.41, 5.74) is 0.630. The third-order valence-corrected chi connectivity index (χ3v) is 3.97. The zero-order chi connectivity index (χ0) is 17.1. The van der Waals surface area contributed by atoms with E-state index >= 15 is 0 Å². The van der Waals surface area contributed by atoms with Crippen molar-refractivity contribution in [1.29, 1.82) is 0 Å². The summed E-state index contributed by atoms with van der Waals surface area (Å²) in [6.07, 6.45) is 0.639. The lowest BCUT2D eigenvalue weighted by Gasteiger charge is -2.38. The molecule has 1 aromatic carbocycles. The number of amides is 2. The first-order valence-electron chi connectivity index (χ1n) is 7.49. The van der Waals surface area contributed by atoms with E-state index in [2.05, 4.69) is 5.32 Å². The fourth-order valence-electron chi connectivity index (χ4n) is 2.68. The van der Waals surface area contributed by atoms with Gasteiger partial charge in [-0.05, 0) is 29.8 Å². The number of nitrogens with zero attached hydrogens (tertiary/aromatic N) is 1. The smallest absolute Gasteiger partial charge is 0.252 e. The molecule has 0 spiro atoms. The summed E-state index contributed by atoms with van der Waals surface area (Å²) in [7, 11) is 1.60. The van der Waals surface area contributed by atoms with E-state index in [-0.39, 0.29) is 30.8 Å². The maximum atomic E-state index is 13.2. The predicted octanol–water partition coefficient (Wildman–Crippen LogP) is 1.63. The summed E-state index contributed by atoms with van der Waals surface area (Å²) in [6.45, 7) is 0.0481. The third kappa shape index (κ3) is 3.30. The molecule has 0 aliphatic carbocycles. The molecule has 0 bridgehead atoms. The van der Waals surface area contributed by atoms with Crippen molar-refractivity contribution in [2.24, 2.45) is 0 Å². The molecule has 7 heteroatoms. The fourth-order valence-corrected chi connectivity index (χ4v) is 2.68. The number of furan rings is 1. The van der Waals surface area contributed by atoms with Crippen molar-refractivity contribution in [3.63, 3.8) is 0 Å². The second kappa shape index (κ2) is 6.84. The molecule has 1 aliphatic heterocycles. The molecule has 2 aromatic rings. The van der Waals surface area contributed by atoms with Crippen LogP contribution in [0.3, 0.4) is 0 Å². The number of morpholine rings is 1. The Balaban J connectivity index is 1.79. The van der Waals surface area contributed by atoms with Crippen LogP contribution in [0, 0.1) is 5.82 Å². The average molecular weight is 332 g/mol. The first-order chi connectivity index (χ1) is 11.6. The van der Waals surface area contributed by atoms with Crippen LogP contribution in [0.5, 0.6) is 0 Å². The van der Waals surface area contributed by atoms with Gasteiger partial charge in [-0.1, -0.05) is 12.1 Å². The monoisotopic (exact) mass is 332 g/mol. The van der Waals surface area contributed by atoms with Gasteiger partial charge < -0.3 is 19.4 Å². The first kappa shape index (κ1) is 16.2. The van der Waals surface area contributed by atoms with Crippen LogP contribution in [0.4, 0.5) is 4.39 Å². The summed E-state index contributed by atoms with van der Waals surface area (Å²) in [4.78, 5) is 25.9. The molecule has 126 valence electrons. The zero-order valence-electron chi connectivity index (χ0n) is 13.1. The number of benzene rings is 1. The second-order valence-corrected chi connectivity index (χ2v) is 5.53. The van der Waals surface area contributed by atoms with Gasteiger partial charge in [0.2, 0.25) is 5.91 Å². The van der Waals surface area contributed by atoms with Crippen LogP contribution in [0.1, 0.15) is 17.4 Å². The van der Waals surface area contributed by atoms with Gasteiger partial charge in [0.25, 0.3) is 5.91 Å². The minimum absolute atomic E-state index is 0.174. The molecule has 1 aromatic heterocycles. The molecular weight excluding hydrogens is 315 g/mol. The highest BCUT2D eigenvalue weighted by Crippen LogP contribution is 2.29. The van der Waals surface area contributed by atoms with Crippen molar-refractivity contribution in [3.05, 3.63) is 59.8 Å². The lowest BCUT2D eigenvalue weighted by Crippen LogP contribution is -2.52. The van der Waals surface area contributed by atoms with E-state index in [1.54, 1.807) is 31.3 Å². The zero-order valence-corrected chi connectivity index (χ0v) is 13.1. The molecule has 1 aliphatic rings. The largest absolute Gasteiger partial charge is 0.467 e. The highest BCUT2D eigenvalue weighted by Gasteiger charge is 2.39. The van der Waals surface area contributed by atoms with Crippen LogP contribution >= 0.6 is 0 Å². The van der Waals surface area contributed by atoms with Gasteiger partial charge in [-0.3, -0.25) is 9.59 Å².